The van der Waals surface area contributed by atoms with Gasteiger partial charge in [-0.05, 0) is 41.7 Å². The number of aromatic carboxylic acids is 1. The molecular weight excluding hydrogens is 372 g/mol. The largest absolute Gasteiger partial charge is 0.478 e. The number of aromatic nitrogens is 4. The zero-order chi connectivity index (χ0) is 20.8. The maximum Gasteiger partial charge on any atom is 0.335 e. The fourth-order valence-corrected chi connectivity index (χ4v) is 3.65. The Morgan fingerprint density at radius 2 is 1.90 bits per heavy atom. The van der Waals surface area contributed by atoms with Crippen LogP contribution in [-0.2, 0) is 11.8 Å². The highest BCUT2D eigenvalue weighted by Gasteiger charge is 2.38. The molecule has 2 aromatic heterocycles. The molecule has 1 aromatic carbocycles. The molecule has 3 aromatic rings. The summed E-state index contributed by atoms with van der Waals surface area (Å²) in [5.74, 6) is -0.878. The molecule has 0 radical (unpaired) electrons. The highest BCUT2D eigenvalue weighted by molar-refractivity contribution is 6.05. The number of carbonyl (C=O) groups excluding carboxylic acids is 1. The molecule has 148 valence electrons. The van der Waals surface area contributed by atoms with Crippen molar-refractivity contribution in [1.29, 1.82) is 0 Å². The van der Waals surface area contributed by atoms with E-state index in [0.29, 0.717) is 35.1 Å². The summed E-state index contributed by atoms with van der Waals surface area (Å²) in [5, 5.41) is 22.0. The van der Waals surface area contributed by atoms with E-state index in [1.165, 1.54) is 12.1 Å². The van der Waals surface area contributed by atoms with Crippen LogP contribution in [0.5, 0.6) is 0 Å². The van der Waals surface area contributed by atoms with Crippen LogP contribution in [0.2, 0.25) is 0 Å². The number of fused-ring (bicyclic) bond motifs is 3. The number of aromatic amines is 1. The van der Waals surface area contributed by atoms with Gasteiger partial charge in [0.1, 0.15) is 11.4 Å². The van der Waals surface area contributed by atoms with Crippen LogP contribution in [0, 0.1) is 0 Å². The van der Waals surface area contributed by atoms with Crippen molar-refractivity contribution in [2.24, 2.45) is 0 Å². The van der Waals surface area contributed by atoms with Gasteiger partial charge in [-0.2, -0.15) is 5.10 Å². The second-order valence-corrected chi connectivity index (χ2v) is 7.54. The van der Waals surface area contributed by atoms with Crippen molar-refractivity contribution >= 4 is 23.5 Å². The van der Waals surface area contributed by atoms with Crippen molar-refractivity contribution in [2.75, 3.05) is 17.7 Å². The van der Waals surface area contributed by atoms with Crippen LogP contribution in [0.3, 0.4) is 0 Å². The molecule has 4 N–H and O–H groups in total. The van der Waals surface area contributed by atoms with Gasteiger partial charge in [-0.25, -0.2) is 14.8 Å². The Morgan fingerprint density at radius 1 is 1.17 bits per heavy atom. The number of nitrogens with zero attached hydrogens (tertiary/aromatic N) is 3. The number of carboxylic acid groups (broad SMARTS) is 1. The fraction of sp³-hybridized carbons (Fsp3) is 0.250. The first-order chi connectivity index (χ1) is 13.8. The van der Waals surface area contributed by atoms with Gasteiger partial charge < -0.3 is 15.7 Å². The van der Waals surface area contributed by atoms with Gasteiger partial charge in [0.25, 0.3) is 5.91 Å². The van der Waals surface area contributed by atoms with Crippen LogP contribution in [0.4, 0.5) is 11.6 Å². The zero-order valence-corrected chi connectivity index (χ0v) is 16.2. The number of benzene rings is 1. The molecule has 0 bridgehead atoms. The van der Waals surface area contributed by atoms with Gasteiger partial charge in [-0.1, -0.05) is 13.8 Å². The van der Waals surface area contributed by atoms with Gasteiger partial charge in [0.15, 0.2) is 0 Å². The summed E-state index contributed by atoms with van der Waals surface area (Å²) >= 11 is 0. The molecule has 0 atom stereocenters. The Morgan fingerprint density at radius 3 is 2.55 bits per heavy atom. The van der Waals surface area contributed by atoms with Crippen molar-refractivity contribution in [2.45, 2.75) is 25.7 Å². The number of carboxylic acids is 1. The van der Waals surface area contributed by atoms with Crippen LogP contribution in [0.25, 0.3) is 11.4 Å². The van der Waals surface area contributed by atoms with Crippen molar-refractivity contribution in [3.05, 3.63) is 52.8 Å². The lowest BCUT2D eigenvalue weighted by Crippen LogP contribution is -2.29. The lowest BCUT2D eigenvalue weighted by Gasteiger charge is -2.31. The number of anilines is 2. The molecule has 0 saturated heterocycles. The minimum Gasteiger partial charge on any atom is -0.478 e. The third-order valence-electron chi connectivity index (χ3n) is 5.00. The summed E-state index contributed by atoms with van der Waals surface area (Å²) in [6.45, 7) is 4.10. The van der Waals surface area contributed by atoms with Crippen molar-refractivity contribution in [3.8, 4) is 11.4 Å². The summed E-state index contributed by atoms with van der Waals surface area (Å²) in [5.41, 5.74) is 3.79. The monoisotopic (exact) mass is 392 g/mol. The summed E-state index contributed by atoms with van der Waals surface area (Å²) in [7, 11) is 1.74. The smallest absolute Gasteiger partial charge is 0.335 e. The number of amides is 1. The van der Waals surface area contributed by atoms with Crippen molar-refractivity contribution in [3.63, 3.8) is 0 Å². The van der Waals surface area contributed by atoms with Crippen LogP contribution < -0.4 is 10.6 Å². The average molecular weight is 392 g/mol. The van der Waals surface area contributed by atoms with Gasteiger partial charge in [0.2, 0.25) is 5.95 Å². The minimum absolute atomic E-state index is 0.152. The van der Waals surface area contributed by atoms with E-state index in [9.17, 15) is 9.59 Å². The van der Waals surface area contributed by atoms with Gasteiger partial charge >= 0.3 is 5.97 Å². The summed E-state index contributed by atoms with van der Waals surface area (Å²) in [6.07, 6.45) is 2.46. The Kier molecular flexibility index (Phi) is 4.30. The topological polar surface area (TPSA) is 133 Å². The molecule has 1 aliphatic carbocycles. The third-order valence-corrected chi connectivity index (χ3v) is 5.00. The number of hydrogen-bond donors (Lipinski definition) is 4. The summed E-state index contributed by atoms with van der Waals surface area (Å²) < 4.78 is 0. The van der Waals surface area contributed by atoms with Crippen LogP contribution in [-0.4, -0.2) is 44.2 Å². The Balaban J connectivity index is 1.70. The molecule has 1 aliphatic rings. The second kappa shape index (κ2) is 6.69. The summed E-state index contributed by atoms with van der Waals surface area (Å²) in [6, 6.07) is 5.99. The van der Waals surface area contributed by atoms with Crippen molar-refractivity contribution < 1.29 is 14.7 Å². The molecule has 0 unspecified atom stereocenters. The number of nitrogens with one attached hydrogen (secondary N) is 3. The average Bonchev–Trinajstić information content (AvgIpc) is 3.15. The summed E-state index contributed by atoms with van der Waals surface area (Å²) in [4.78, 5) is 32.7. The molecule has 0 saturated carbocycles. The van der Waals surface area contributed by atoms with Gasteiger partial charge in [0, 0.05) is 24.5 Å². The molecule has 4 rings (SSSR count). The minimum atomic E-state index is -1.02. The van der Waals surface area contributed by atoms with Gasteiger partial charge in [0.05, 0.1) is 11.3 Å². The lowest BCUT2D eigenvalue weighted by atomic mass is 9.73. The molecule has 1 amide bonds. The third kappa shape index (κ3) is 3.20. The molecule has 9 nitrogen and oxygen atoms in total. The SMILES string of the molecule is CNc1ncc2c(n1)-c1n[nH]c(C(=O)Nc3ccc(C(=O)O)cc3)c1C(C)(C)C2. The lowest BCUT2D eigenvalue weighted by molar-refractivity contribution is 0.0696. The maximum absolute atomic E-state index is 12.9. The standard InChI is InChI=1S/C20H20N6O3/c1-20(2)8-11-9-22-19(21-3)24-14(11)15-13(20)16(26-25-15)17(27)23-12-6-4-10(5-7-12)18(28)29/h4-7,9H,8H2,1-3H3,(H,23,27)(H,25,26)(H,28,29)(H,21,22,24). The van der Waals surface area contributed by atoms with E-state index in [1.807, 2.05) is 0 Å². The molecule has 0 aliphatic heterocycles. The first kappa shape index (κ1) is 18.6. The molecule has 29 heavy (non-hydrogen) atoms. The van der Waals surface area contributed by atoms with E-state index >= 15 is 0 Å². The Labute approximate surface area is 166 Å². The molecular formula is C20H20N6O3. The number of hydrogen-bond acceptors (Lipinski definition) is 6. The molecule has 0 spiro atoms. The number of rotatable bonds is 4. The van der Waals surface area contributed by atoms with Gasteiger partial charge in [-0.3, -0.25) is 9.89 Å². The van der Waals surface area contributed by atoms with Crippen LogP contribution >= 0.6 is 0 Å². The Hall–Kier alpha value is -3.75. The molecule has 9 heteroatoms. The zero-order valence-electron chi connectivity index (χ0n) is 16.2. The van der Waals surface area contributed by atoms with Crippen LogP contribution in [0.1, 0.15) is 45.8 Å². The van der Waals surface area contributed by atoms with E-state index in [4.69, 9.17) is 5.11 Å². The van der Waals surface area contributed by atoms with E-state index in [1.54, 1.807) is 25.4 Å². The predicted octanol–water partition coefficient (Wildman–Crippen LogP) is 2.69. The van der Waals surface area contributed by atoms with E-state index in [0.717, 1.165) is 11.1 Å². The highest BCUT2D eigenvalue weighted by atomic mass is 16.4. The Bertz CT molecular complexity index is 1120. The quantitative estimate of drug-likeness (QED) is 0.536. The number of carbonyl (C=O) groups is 2. The van der Waals surface area contributed by atoms with E-state index in [-0.39, 0.29) is 16.9 Å². The van der Waals surface area contributed by atoms with Crippen LogP contribution in [0.15, 0.2) is 30.5 Å². The number of H-pyrrole nitrogens is 1. The van der Waals surface area contributed by atoms with Crippen molar-refractivity contribution in [1.82, 2.24) is 20.2 Å². The highest BCUT2D eigenvalue weighted by Crippen LogP contribution is 2.42. The molecule has 2 heterocycles. The normalized spacial score (nSPS) is 13.9. The first-order valence-corrected chi connectivity index (χ1v) is 9.08. The fourth-order valence-electron chi connectivity index (χ4n) is 3.65. The molecule has 0 fully saturated rings. The predicted molar refractivity (Wildman–Crippen MR) is 107 cm³/mol. The maximum atomic E-state index is 12.9. The first-order valence-electron chi connectivity index (χ1n) is 9.08. The van der Waals surface area contributed by atoms with E-state index in [2.05, 4.69) is 44.6 Å². The van der Waals surface area contributed by atoms with E-state index < -0.39 is 5.97 Å². The second-order valence-electron chi connectivity index (χ2n) is 7.54. The van der Waals surface area contributed by atoms with Gasteiger partial charge in [-0.15, -0.1) is 0 Å².